The van der Waals surface area contributed by atoms with Crippen LogP contribution in [0.25, 0.3) is 0 Å². The van der Waals surface area contributed by atoms with Gasteiger partial charge in [0.25, 0.3) is 0 Å². The zero-order valence-corrected chi connectivity index (χ0v) is 19.0. The van der Waals surface area contributed by atoms with Crippen molar-refractivity contribution in [2.24, 2.45) is 0 Å². The second kappa shape index (κ2) is 10.4. The third kappa shape index (κ3) is 4.74. The van der Waals surface area contributed by atoms with Gasteiger partial charge in [-0.2, -0.15) is 0 Å². The molecule has 0 spiro atoms. The SMILES string of the molecule is CCOC(=O)c1ccc(C[P+](c2ccccc2)(c2ccccc2)c2ccccc2)o1.Cl. The fraction of sp³-hybridized carbons (Fsp3) is 0.115. The van der Waals surface area contributed by atoms with Crippen molar-refractivity contribution < 1.29 is 13.9 Å². The fourth-order valence-electron chi connectivity index (χ4n) is 3.78. The van der Waals surface area contributed by atoms with Crippen molar-refractivity contribution in [3.63, 3.8) is 0 Å². The average molecular weight is 452 g/mol. The summed E-state index contributed by atoms with van der Waals surface area (Å²) in [6, 6.07) is 35.4. The van der Waals surface area contributed by atoms with E-state index in [1.54, 1.807) is 13.0 Å². The molecule has 1 heterocycles. The number of furan rings is 1. The van der Waals surface area contributed by atoms with Crippen LogP contribution in [0.3, 0.4) is 0 Å². The molecule has 0 aliphatic rings. The Morgan fingerprint density at radius 1 is 0.742 bits per heavy atom. The Bertz CT molecular complexity index is 999. The first kappa shape index (κ1) is 22.8. The third-order valence-corrected chi connectivity index (χ3v) is 9.45. The molecule has 0 radical (unpaired) electrons. The number of rotatable bonds is 7. The van der Waals surface area contributed by atoms with Gasteiger partial charge in [0.15, 0.2) is 0 Å². The minimum absolute atomic E-state index is 0. The summed E-state index contributed by atoms with van der Waals surface area (Å²) in [5.74, 6) is 0.605. The summed E-state index contributed by atoms with van der Waals surface area (Å²) in [6.45, 7) is 2.11. The molecule has 0 aliphatic carbocycles. The topological polar surface area (TPSA) is 39.4 Å². The van der Waals surface area contributed by atoms with Gasteiger partial charge >= 0.3 is 5.97 Å². The van der Waals surface area contributed by atoms with Crippen LogP contribution in [-0.4, -0.2) is 12.6 Å². The van der Waals surface area contributed by atoms with Crippen molar-refractivity contribution in [3.05, 3.63) is 115 Å². The third-order valence-electron chi connectivity index (χ3n) is 5.12. The number of carbonyl (C=O) groups is 1. The molecule has 4 aromatic rings. The molecule has 1 aromatic heterocycles. The van der Waals surface area contributed by atoms with Gasteiger partial charge in [-0.05, 0) is 55.5 Å². The Morgan fingerprint density at radius 3 is 1.61 bits per heavy atom. The van der Waals surface area contributed by atoms with Gasteiger partial charge in [-0.1, -0.05) is 54.6 Å². The zero-order valence-electron chi connectivity index (χ0n) is 17.3. The standard InChI is InChI=1S/C26H24O3P.ClH/c1-2-28-26(27)25-19-18-21(29-25)20-30(22-12-6-3-7-13-22,23-14-8-4-9-15-23)24-16-10-5-11-17-24;/h3-19H,2,20H2,1H3;1H/q+1;. The van der Waals surface area contributed by atoms with E-state index in [0.29, 0.717) is 12.8 Å². The summed E-state index contributed by atoms with van der Waals surface area (Å²) in [7, 11) is -2.05. The van der Waals surface area contributed by atoms with Crippen LogP contribution in [0.15, 0.2) is 108 Å². The minimum atomic E-state index is -2.05. The monoisotopic (exact) mass is 451 g/mol. The minimum Gasteiger partial charge on any atom is -0.460 e. The second-order valence-corrected chi connectivity index (χ2v) is 10.4. The summed E-state index contributed by atoms with van der Waals surface area (Å²) in [5, 5.41) is 3.82. The number of benzene rings is 3. The van der Waals surface area contributed by atoms with Gasteiger partial charge in [0.1, 0.15) is 35.1 Å². The molecule has 0 amide bonds. The lowest BCUT2D eigenvalue weighted by molar-refractivity contribution is 0.0488. The van der Waals surface area contributed by atoms with Crippen LogP contribution in [0.4, 0.5) is 0 Å². The average Bonchev–Trinajstić information content (AvgIpc) is 3.28. The number of hydrogen-bond donors (Lipinski definition) is 0. The highest BCUT2D eigenvalue weighted by atomic mass is 35.5. The maximum atomic E-state index is 12.1. The molecule has 0 saturated heterocycles. The summed E-state index contributed by atoms with van der Waals surface area (Å²) in [5.41, 5.74) is 0. The number of ether oxygens (including phenoxy) is 1. The van der Waals surface area contributed by atoms with E-state index in [4.69, 9.17) is 9.15 Å². The molecule has 0 saturated carbocycles. The predicted octanol–water partition coefficient (Wildman–Crippen LogP) is 5.37. The van der Waals surface area contributed by atoms with Gasteiger partial charge in [0.2, 0.25) is 5.76 Å². The van der Waals surface area contributed by atoms with Crippen LogP contribution >= 0.6 is 19.7 Å². The van der Waals surface area contributed by atoms with E-state index in [1.807, 2.05) is 24.3 Å². The van der Waals surface area contributed by atoms with Crippen molar-refractivity contribution >= 4 is 41.6 Å². The van der Waals surface area contributed by atoms with Gasteiger partial charge in [-0.3, -0.25) is 0 Å². The first-order chi connectivity index (χ1) is 14.7. The quantitative estimate of drug-likeness (QED) is 0.280. The summed E-state index contributed by atoms with van der Waals surface area (Å²) in [4.78, 5) is 12.1. The smallest absolute Gasteiger partial charge is 0.374 e. The van der Waals surface area contributed by atoms with E-state index >= 15 is 0 Å². The van der Waals surface area contributed by atoms with Crippen LogP contribution < -0.4 is 15.9 Å². The van der Waals surface area contributed by atoms with Gasteiger partial charge in [0.05, 0.1) is 6.61 Å². The molecule has 0 bridgehead atoms. The Balaban J connectivity index is 0.00000272. The van der Waals surface area contributed by atoms with Crippen molar-refractivity contribution in [1.82, 2.24) is 0 Å². The van der Waals surface area contributed by atoms with Crippen LogP contribution in [-0.2, 0) is 10.9 Å². The lowest BCUT2D eigenvalue weighted by atomic mass is 10.4. The Kier molecular flexibility index (Phi) is 7.68. The molecule has 31 heavy (non-hydrogen) atoms. The van der Waals surface area contributed by atoms with Crippen molar-refractivity contribution in [2.45, 2.75) is 13.1 Å². The van der Waals surface area contributed by atoms with E-state index in [-0.39, 0.29) is 18.2 Å². The summed E-state index contributed by atoms with van der Waals surface area (Å²) in [6.07, 6.45) is 0.685. The van der Waals surface area contributed by atoms with E-state index in [1.165, 1.54) is 15.9 Å². The molecule has 3 nitrogen and oxygen atoms in total. The van der Waals surface area contributed by atoms with E-state index in [0.717, 1.165) is 5.76 Å². The number of hydrogen-bond acceptors (Lipinski definition) is 3. The van der Waals surface area contributed by atoms with Gasteiger partial charge in [0, 0.05) is 0 Å². The fourth-order valence-corrected chi connectivity index (χ4v) is 7.90. The Morgan fingerprint density at radius 2 is 1.19 bits per heavy atom. The Labute approximate surface area is 189 Å². The molecular weight excluding hydrogens is 427 g/mol. The molecule has 0 atom stereocenters. The van der Waals surface area contributed by atoms with Gasteiger partial charge in [-0.25, -0.2) is 4.79 Å². The first-order valence-corrected chi connectivity index (χ1v) is 12.0. The summed E-state index contributed by atoms with van der Waals surface area (Å²) < 4.78 is 11.1. The van der Waals surface area contributed by atoms with Crippen LogP contribution in [0, 0.1) is 0 Å². The van der Waals surface area contributed by atoms with Gasteiger partial charge in [-0.15, -0.1) is 12.4 Å². The molecule has 0 fully saturated rings. The largest absolute Gasteiger partial charge is 0.460 e. The zero-order chi connectivity index (χ0) is 20.8. The lowest BCUT2D eigenvalue weighted by Gasteiger charge is -2.26. The predicted molar refractivity (Wildman–Crippen MR) is 131 cm³/mol. The number of halogens is 1. The molecule has 158 valence electrons. The van der Waals surface area contributed by atoms with Crippen LogP contribution in [0.5, 0.6) is 0 Å². The van der Waals surface area contributed by atoms with Crippen molar-refractivity contribution in [2.75, 3.05) is 6.61 Å². The highest BCUT2D eigenvalue weighted by Crippen LogP contribution is 2.58. The Hall–Kier alpha value is -2.87. The number of esters is 1. The second-order valence-electron chi connectivity index (χ2n) is 6.96. The highest BCUT2D eigenvalue weighted by molar-refractivity contribution is 7.95. The van der Waals surface area contributed by atoms with E-state index in [2.05, 4.69) is 72.8 Å². The molecule has 0 unspecified atom stereocenters. The molecule has 0 N–H and O–H groups in total. The van der Waals surface area contributed by atoms with Crippen LogP contribution in [0.2, 0.25) is 0 Å². The van der Waals surface area contributed by atoms with Crippen molar-refractivity contribution in [1.29, 1.82) is 0 Å². The highest BCUT2D eigenvalue weighted by Gasteiger charge is 2.46. The molecule has 4 rings (SSSR count). The normalized spacial score (nSPS) is 10.9. The van der Waals surface area contributed by atoms with E-state index in [9.17, 15) is 4.79 Å². The maximum Gasteiger partial charge on any atom is 0.374 e. The van der Waals surface area contributed by atoms with Crippen LogP contribution in [0.1, 0.15) is 23.2 Å². The van der Waals surface area contributed by atoms with Crippen molar-refractivity contribution in [3.8, 4) is 0 Å². The molecule has 5 heteroatoms. The maximum absolute atomic E-state index is 12.1. The lowest BCUT2D eigenvalue weighted by Crippen LogP contribution is -2.32. The van der Waals surface area contributed by atoms with E-state index < -0.39 is 13.2 Å². The molecule has 0 aliphatic heterocycles. The number of carbonyl (C=O) groups excluding carboxylic acids is 1. The summed E-state index contributed by atoms with van der Waals surface area (Å²) >= 11 is 0. The van der Waals surface area contributed by atoms with Gasteiger partial charge < -0.3 is 9.15 Å². The molecular formula is C26H25ClO3P+. The first-order valence-electron chi connectivity index (χ1n) is 10.0. The molecule has 3 aromatic carbocycles.